The summed E-state index contributed by atoms with van der Waals surface area (Å²) in [6, 6.07) is 15.9. The van der Waals surface area contributed by atoms with Gasteiger partial charge in [-0.1, -0.05) is 30.3 Å². The first-order valence-corrected chi connectivity index (χ1v) is 9.87. The summed E-state index contributed by atoms with van der Waals surface area (Å²) < 4.78 is 5.38. The third kappa shape index (κ3) is 3.62. The summed E-state index contributed by atoms with van der Waals surface area (Å²) in [5.41, 5.74) is 3.99. The van der Waals surface area contributed by atoms with Crippen LogP contribution in [-0.4, -0.2) is 52.6 Å². The van der Waals surface area contributed by atoms with Crippen molar-refractivity contribution in [2.45, 2.75) is 0 Å². The normalized spacial score (nSPS) is 14.6. The van der Waals surface area contributed by atoms with Gasteiger partial charge in [-0.15, -0.1) is 0 Å². The maximum atomic E-state index is 10.4. The van der Waals surface area contributed by atoms with Crippen molar-refractivity contribution in [2.75, 3.05) is 31.2 Å². The third-order valence-electron chi connectivity index (χ3n) is 5.19. The smallest absolute Gasteiger partial charge is 0.199 e. The molecule has 0 atom stereocenters. The third-order valence-corrected chi connectivity index (χ3v) is 5.19. The van der Waals surface area contributed by atoms with Gasteiger partial charge in [0.1, 0.15) is 11.5 Å². The van der Waals surface area contributed by atoms with Gasteiger partial charge in [0.2, 0.25) is 0 Å². The van der Waals surface area contributed by atoms with Crippen LogP contribution in [-0.2, 0) is 4.74 Å². The van der Waals surface area contributed by atoms with Gasteiger partial charge in [0.15, 0.2) is 5.88 Å². The van der Waals surface area contributed by atoms with Gasteiger partial charge in [0, 0.05) is 36.5 Å². The molecule has 1 saturated heterocycles. The number of ether oxygens (including phenoxy) is 1. The Morgan fingerprint density at radius 2 is 1.83 bits per heavy atom. The fourth-order valence-electron chi connectivity index (χ4n) is 3.57. The van der Waals surface area contributed by atoms with Gasteiger partial charge in [-0.05, 0) is 23.8 Å². The highest BCUT2D eigenvalue weighted by molar-refractivity contribution is 6.02. The van der Waals surface area contributed by atoms with Crippen molar-refractivity contribution in [1.82, 2.24) is 15.0 Å². The lowest BCUT2D eigenvalue weighted by Crippen LogP contribution is -2.36. The second kappa shape index (κ2) is 7.96. The van der Waals surface area contributed by atoms with Crippen LogP contribution in [0.4, 0.5) is 11.5 Å². The number of H-pyrrole nitrogens is 1. The van der Waals surface area contributed by atoms with Crippen LogP contribution in [0.25, 0.3) is 22.2 Å². The molecule has 0 radical (unpaired) electrons. The largest absolute Gasteiger partial charge is 0.494 e. The number of aromatic nitrogens is 3. The molecule has 1 fully saturated rings. The van der Waals surface area contributed by atoms with E-state index in [1.54, 1.807) is 18.6 Å². The molecule has 0 aliphatic carbocycles. The molecule has 5 rings (SSSR count). The second-order valence-electron chi connectivity index (χ2n) is 7.11. The summed E-state index contributed by atoms with van der Waals surface area (Å²) in [4.78, 5) is 18.6. The first-order valence-electron chi connectivity index (χ1n) is 9.87. The lowest BCUT2D eigenvalue weighted by molar-refractivity contribution is 0.122. The minimum Gasteiger partial charge on any atom is -0.494 e. The number of hydrogen-bond acceptors (Lipinski definition) is 6. The number of aromatic amines is 1. The molecule has 0 unspecified atom stereocenters. The number of fused-ring (bicyclic) bond motifs is 1. The van der Waals surface area contributed by atoms with Crippen LogP contribution in [0.5, 0.6) is 5.88 Å². The highest BCUT2D eigenvalue weighted by atomic mass is 16.5. The van der Waals surface area contributed by atoms with E-state index in [4.69, 9.17) is 4.74 Å². The van der Waals surface area contributed by atoms with Gasteiger partial charge in [-0.25, -0.2) is 9.97 Å². The van der Waals surface area contributed by atoms with E-state index in [2.05, 4.69) is 24.8 Å². The van der Waals surface area contributed by atoms with Crippen LogP contribution in [0.15, 0.2) is 65.9 Å². The Kier molecular flexibility index (Phi) is 4.86. The molecule has 2 N–H and O–H groups in total. The average Bonchev–Trinajstić information content (AvgIpc) is 3.13. The Morgan fingerprint density at radius 3 is 2.60 bits per heavy atom. The molecule has 4 aromatic rings. The van der Waals surface area contributed by atoms with Crippen molar-refractivity contribution >= 4 is 28.8 Å². The minimum atomic E-state index is 0.0457. The molecule has 0 saturated carbocycles. The Morgan fingerprint density at radius 1 is 1.00 bits per heavy atom. The molecule has 0 amide bonds. The number of aromatic hydroxyl groups is 1. The SMILES string of the molecule is Oc1[nH]c2ncc(-c3ccccc3)cc2c1C=Nc1ccc(N2CCOCC2)nc1. The molecule has 1 aliphatic heterocycles. The van der Waals surface area contributed by atoms with E-state index >= 15 is 0 Å². The van der Waals surface area contributed by atoms with E-state index in [0.717, 1.165) is 48.6 Å². The maximum absolute atomic E-state index is 10.4. The number of rotatable bonds is 4. The lowest BCUT2D eigenvalue weighted by Gasteiger charge is -2.27. The molecule has 4 heterocycles. The number of hydrogen-bond donors (Lipinski definition) is 2. The summed E-state index contributed by atoms with van der Waals surface area (Å²) in [5, 5.41) is 11.2. The van der Waals surface area contributed by atoms with E-state index in [1.807, 2.05) is 48.5 Å². The molecular weight excluding hydrogens is 378 g/mol. The van der Waals surface area contributed by atoms with Crippen molar-refractivity contribution in [1.29, 1.82) is 0 Å². The van der Waals surface area contributed by atoms with Gasteiger partial charge in [0.05, 0.1) is 30.7 Å². The molecule has 150 valence electrons. The zero-order chi connectivity index (χ0) is 20.3. The monoisotopic (exact) mass is 399 g/mol. The van der Waals surface area contributed by atoms with Crippen molar-refractivity contribution in [3.8, 4) is 17.0 Å². The zero-order valence-electron chi connectivity index (χ0n) is 16.3. The maximum Gasteiger partial charge on any atom is 0.199 e. The van der Waals surface area contributed by atoms with Crippen LogP contribution in [0.1, 0.15) is 5.56 Å². The summed E-state index contributed by atoms with van der Waals surface area (Å²) in [7, 11) is 0. The van der Waals surface area contributed by atoms with Crippen molar-refractivity contribution < 1.29 is 9.84 Å². The van der Waals surface area contributed by atoms with Crippen molar-refractivity contribution in [3.05, 3.63) is 66.5 Å². The van der Waals surface area contributed by atoms with Crippen LogP contribution >= 0.6 is 0 Å². The molecule has 0 bridgehead atoms. The van der Waals surface area contributed by atoms with Gasteiger partial charge in [-0.3, -0.25) is 4.99 Å². The Labute approximate surface area is 173 Å². The standard InChI is InChI=1S/C23H21N5O2/c29-23-20(15-24-18-6-7-21(25-14-18)28-8-10-30-11-9-28)19-12-17(13-26-22(19)27-23)16-4-2-1-3-5-16/h1-7,12-15,29H,8-11H2,(H,26,27). The fraction of sp³-hybridized carbons (Fsp3) is 0.174. The molecule has 1 aliphatic rings. The molecule has 0 spiro atoms. The zero-order valence-corrected chi connectivity index (χ0v) is 16.3. The highest BCUT2D eigenvalue weighted by Crippen LogP contribution is 2.29. The minimum absolute atomic E-state index is 0.0457. The highest BCUT2D eigenvalue weighted by Gasteiger charge is 2.13. The Bertz CT molecular complexity index is 1180. The van der Waals surface area contributed by atoms with E-state index in [1.165, 1.54) is 0 Å². The van der Waals surface area contributed by atoms with E-state index in [-0.39, 0.29) is 5.88 Å². The second-order valence-corrected chi connectivity index (χ2v) is 7.11. The topological polar surface area (TPSA) is 86.6 Å². The van der Waals surface area contributed by atoms with Crippen molar-refractivity contribution in [2.24, 2.45) is 4.99 Å². The van der Waals surface area contributed by atoms with Gasteiger partial charge < -0.3 is 19.7 Å². The first-order chi connectivity index (χ1) is 14.8. The first kappa shape index (κ1) is 18.3. The number of anilines is 1. The van der Waals surface area contributed by atoms with Crippen LogP contribution in [0, 0.1) is 0 Å². The lowest BCUT2D eigenvalue weighted by atomic mass is 10.1. The Hall–Kier alpha value is -3.71. The summed E-state index contributed by atoms with van der Waals surface area (Å²) >= 11 is 0. The van der Waals surface area contributed by atoms with Crippen LogP contribution in [0.3, 0.4) is 0 Å². The number of nitrogens with zero attached hydrogens (tertiary/aromatic N) is 4. The predicted octanol–water partition coefficient (Wildman–Crippen LogP) is 3.92. The Balaban J connectivity index is 1.43. The molecule has 7 heteroatoms. The molecule has 7 nitrogen and oxygen atoms in total. The number of nitrogens with one attached hydrogen (secondary N) is 1. The number of morpholine rings is 1. The molecular formula is C23H21N5O2. The van der Waals surface area contributed by atoms with E-state index in [0.29, 0.717) is 16.9 Å². The summed E-state index contributed by atoms with van der Waals surface area (Å²) in [5.74, 6) is 0.966. The molecule has 30 heavy (non-hydrogen) atoms. The van der Waals surface area contributed by atoms with E-state index < -0.39 is 0 Å². The summed E-state index contributed by atoms with van der Waals surface area (Å²) in [6.07, 6.45) is 5.18. The van der Waals surface area contributed by atoms with Gasteiger partial charge in [-0.2, -0.15) is 0 Å². The van der Waals surface area contributed by atoms with Crippen molar-refractivity contribution in [3.63, 3.8) is 0 Å². The average molecular weight is 399 g/mol. The van der Waals surface area contributed by atoms with Gasteiger partial charge in [0.25, 0.3) is 0 Å². The van der Waals surface area contributed by atoms with E-state index in [9.17, 15) is 5.11 Å². The summed E-state index contributed by atoms with van der Waals surface area (Å²) in [6.45, 7) is 3.13. The van der Waals surface area contributed by atoms with Gasteiger partial charge >= 0.3 is 0 Å². The van der Waals surface area contributed by atoms with Crippen LogP contribution in [0.2, 0.25) is 0 Å². The predicted molar refractivity (Wildman–Crippen MR) is 118 cm³/mol. The number of benzene rings is 1. The number of pyridine rings is 2. The number of aliphatic imine (C=N–C) groups is 1. The molecule has 1 aromatic carbocycles. The fourth-order valence-corrected chi connectivity index (χ4v) is 3.57. The quantitative estimate of drug-likeness (QED) is 0.508. The molecule has 3 aromatic heterocycles. The van der Waals surface area contributed by atoms with Crippen LogP contribution < -0.4 is 4.90 Å².